The third kappa shape index (κ3) is 8.60. The summed E-state index contributed by atoms with van der Waals surface area (Å²) in [6, 6.07) is 2.33. The predicted octanol–water partition coefficient (Wildman–Crippen LogP) is 1.21. The van der Waals surface area contributed by atoms with E-state index in [1.807, 2.05) is 4.90 Å². The molecule has 0 bridgehead atoms. The Morgan fingerprint density at radius 3 is 2.69 bits per heavy atom. The number of rotatable bonds is 7. The summed E-state index contributed by atoms with van der Waals surface area (Å²) in [4.78, 5) is 20.7. The number of alkyl halides is 3. The second-order valence-corrected chi connectivity index (χ2v) is 6.36. The van der Waals surface area contributed by atoms with Crippen LogP contribution in [0.2, 0.25) is 0 Å². The van der Waals surface area contributed by atoms with Gasteiger partial charge in [-0.1, -0.05) is 0 Å². The first kappa shape index (κ1) is 25.2. The zero-order valence-electron chi connectivity index (χ0n) is 16.0. The number of likely N-dealkylation sites (tertiary alicyclic amines) is 1. The first-order valence-electron chi connectivity index (χ1n) is 8.92. The van der Waals surface area contributed by atoms with Gasteiger partial charge in [-0.2, -0.15) is 13.2 Å². The van der Waals surface area contributed by atoms with Crippen molar-refractivity contribution in [3.05, 3.63) is 23.9 Å². The molecule has 1 aliphatic heterocycles. The predicted molar refractivity (Wildman–Crippen MR) is 113 cm³/mol. The molecule has 164 valence electrons. The zero-order valence-corrected chi connectivity index (χ0v) is 18.4. The van der Waals surface area contributed by atoms with Gasteiger partial charge in [-0.15, -0.1) is 24.0 Å². The highest BCUT2D eigenvalue weighted by atomic mass is 127. The highest BCUT2D eigenvalue weighted by molar-refractivity contribution is 14.0. The van der Waals surface area contributed by atoms with Crippen molar-refractivity contribution in [1.82, 2.24) is 20.5 Å². The summed E-state index contributed by atoms with van der Waals surface area (Å²) in [5, 5.41) is 6.26. The largest absolute Gasteiger partial charge is 0.475 e. The van der Waals surface area contributed by atoms with Crippen LogP contribution >= 0.6 is 24.0 Å². The van der Waals surface area contributed by atoms with Crippen LogP contribution in [-0.2, 0) is 11.0 Å². The molecule has 1 fully saturated rings. The van der Waals surface area contributed by atoms with Crippen molar-refractivity contribution in [2.24, 2.45) is 10.7 Å². The molecule has 1 aromatic heterocycles. The van der Waals surface area contributed by atoms with Crippen LogP contribution in [0.5, 0.6) is 5.88 Å². The van der Waals surface area contributed by atoms with Gasteiger partial charge in [0.2, 0.25) is 11.8 Å². The minimum atomic E-state index is -4.52. The molecule has 0 atom stereocenters. The summed E-state index contributed by atoms with van der Waals surface area (Å²) in [7, 11) is 1.61. The number of aromatic nitrogens is 1. The van der Waals surface area contributed by atoms with E-state index in [1.165, 1.54) is 12.3 Å². The lowest BCUT2D eigenvalue weighted by Gasteiger charge is -2.32. The van der Waals surface area contributed by atoms with Gasteiger partial charge in [0.1, 0.15) is 12.2 Å². The minimum absolute atomic E-state index is 0. The van der Waals surface area contributed by atoms with Gasteiger partial charge in [-0.3, -0.25) is 14.7 Å². The monoisotopic (exact) mass is 530 g/mol. The van der Waals surface area contributed by atoms with Gasteiger partial charge in [-0.05, 0) is 25.0 Å². The van der Waals surface area contributed by atoms with E-state index in [9.17, 15) is 18.0 Å². The Morgan fingerprint density at radius 2 is 2.10 bits per heavy atom. The van der Waals surface area contributed by atoms with Crippen LogP contribution in [0.1, 0.15) is 18.4 Å². The lowest BCUT2D eigenvalue weighted by Crippen LogP contribution is -2.50. The number of amides is 1. The fraction of sp³-hybridized carbons (Fsp3) is 0.588. The Balaban J connectivity index is 0.00000420. The summed E-state index contributed by atoms with van der Waals surface area (Å²) in [5.41, 5.74) is 4.30. The molecule has 8 nitrogen and oxygen atoms in total. The zero-order chi connectivity index (χ0) is 20.6. The average Bonchev–Trinajstić information content (AvgIpc) is 2.64. The van der Waals surface area contributed by atoms with Crippen LogP contribution in [0.15, 0.2) is 23.3 Å². The number of guanidine groups is 1. The van der Waals surface area contributed by atoms with E-state index in [0.717, 1.165) is 32.0 Å². The van der Waals surface area contributed by atoms with E-state index >= 15 is 0 Å². The number of aliphatic imine (C=N–C) groups is 1. The maximum absolute atomic E-state index is 12.9. The molecule has 0 unspecified atom stereocenters. The Bertz CT molecular complexity index is 681. The second-order valence-electron chi connectivity index (χ2n) is 6.36. The normalized spacial score (nSPS) is 16.1. The number of hydrogen-bond acceptors (Lipinski definition) is 5. The van der Waals surface area contributed by atoms with Gasteiger partial charge >= 0.3 is 6.18 Å². The summed E-state index contributed by atoms with van der Waals surface area (Å²) < 4.78 is 43.9. The third-order valence-corrected chi connectivity index (χ3v) is 4.24. The summed E-state index contributed by atoms with van der Waals surface area (Å²) in [6.45, 7) is 2.01. The SMILES string of the molecule is CN=C(NCCOc1ncccc1C(F)(F)F)NC1CCN(CC(N)=O)CC1.I. The third-order valence-electron chi connectivity index (χ3n) is 4.24. The molecule has 1 aromatic rings. The van der Waals surface area contributed by atoms with Gasteiger partial charge in [0, 0.05) is 32.4 Å². The number of carbonyl (C=O) groups excluding carboxylic acids is 1. The number of nitrogens with one attached hydrogen (secondary N) is 2. The molecule has 4 N–H and O–H groups in total. The first-order valence-corrected chi connectivity index (χ1v) is 8.92. The van der Waals surface area contributed by atoms with Crippen molar-refractivity contribution < 1.29 is 22.7 Å². The fourth-order valence-electron chi connectivity index (χ4n) is 2.88. The molecular formula is C17H26F3IN6O2. The topological polar surface area (TPSA) is 105 Å². The maximum atomic E-state index is 12.9. The quantitative estimate of drug-likeness (QED) is 0.212. The highest BCUT2D eigenvalue weighted by Gasteiger charge is 2.35. The van der Waals surface area contributed by atoms with Crippen molar-refractivity contribution in [3.63, 3.8) is 0 Å². The number of carbonyl (C=O) groups is 1. The van der Waals surface area contributed by atoms with Gasteiger partial charge in [0.05, 0.1) is 13.1 Å². The number of nitrogens with zero attached hydrogens (tertiary/aromatic N) is 3. The Kier molecular flexibility index (Phi) is 10.4. The van der Waals surface area contributed by atoms with E-state index in [4.69, 9.17) is 10.5 Å². The standard InChI is InChI=1S/C17H25F3N6O2.HI/c1-22-16(25-12-4-8-26(9-5-12)11-14(21)27)24-7-10-28-15-13(17(18,19)20)3-2-6-23-15;/h2-3,6,12H,4-5,7-11H2,1H3,(H2,21,27)(H2,22,24,25);1H. The molecule has 1 aliphatic rings. The van der Waals surface area contributed by atoms with Crippen molar-refractivity contribution in [2.45, 2.75) is 25.1 Å². The number of piperidine rings is 1. The molecule has 0 aliphatic carbocycles. The number of pyridine rings is 1. The first-order chi connectivity index (χ1) is 13.3. The molecule has 0 saturated carbocycles. The minimum Gasteiger partial charge on any atom is -0.475 e. The number of hydrogen-bond donors (Lipinski definition) is 3. The van der Waals surface area contributed by atoms with Crippen molar-refractivity contribution in [3.8, 4) is 5.88 Å². The molecule has 29 heavy (non-hydrogen) atoms. The molecule has 0 radical (unpaired) electrons. The van der Waals surface area contributed by atoms with Crippen molar-refractivity contribution in [2.75, 3.05) is 39.8 Å². The lowest BCUT2D eigenvalue weighted by atomic mass is 10.1. The van der Waals surface area contributed by atoms with E-state index in [0.29, 0.717) is 5.96 Å². The van der Waals surface area contributed by atoms with Crippen LogP contribution < -0.4 is 21.1 Å². The summed E-state index contributed by atoms with van der Waals surface area (Å²) >= 11 is 0. The Morgan fingerprint density at radius 1 is 1.41 bits per heavy atom. The number of primary amides is 1. The van der Waals surface area contributed by atoms with Crippen LogP contribution in [0.3, 0.4) is 0 Å². The van der Waals surface area contributed by atoms with Crippen LogP contribution in [0.4, 0.5) is 13.2 Å². The number of ether oxygens (including phenoxy) is 1. The van der Waals surface area contributed by atoms with E-state index in [-0.39, 0.29) is 55.6 Å². The van der Waals surface area contributed by atoms with Gasteiger partial charge in [0.15, 0.2) is 5.96 Å². The van der Waals surface area contributed by atoms with E-state index in [1.54, 1.807) is 7.05 Å². The highest BCUT2D eigenvalue weighted by Crippen LogP contribution is 2.34. The molecule has 0 spiro atoms. The molecule has 1 saturated heterocycles. The molecule has 12 heteroatoms. The van der Waals surface area contributed by atoms with Crippen LogP contribution in [0.25, 0.3) is 0 Å². The Hall–Kier alpha value is -1.83. The van der Waals surface area contributed by atoms with E-state index < -0.39 is 17.6 Å². The van der Waals surface area contributed by atoms with E-state index in [2.05, 4.69) is 20.6 Å². The fourth-order valence-corrected chi connectivity index (χ4v) is 2.88. The van der Waals surface area contributed by atoms with Crippen molar-refractivity contribution >= 4 is 35.8 Å². The Labute approximate surface area is 184 Å². The lowest BCUT2D eigenvalue weighted by molar-refractivity contribution is -0.139. The molecular weight excluding hydrogens is 504 g/mol. The van der Waals surface area contributed by atoms with Gasteiger partial charge in [0.25, 0.3) is 0 Å². The van der Waals surface area contributed by atoms with Crippen LogP contribution in [-0.4, -0.2) is 67.6 Å². The maximum Gasteiger partial charge on any atom is 0.421 e. The molecule has 2 heterocycles. The molecule has 2 rings (SSSR count). The number of nitrogens with two attached hydrogens (primary N) is 1. The van der Waals surface area contributed by atoms with Gasteiger partial charge < -0.3 is 21.1 Å². The molecule has 0 aromatic carbocycles. The smallest absolute Gasteiger partial charge is 0.421 e. The molecule has 1 amide bonds. The second kappa shape index (κ2) is 12.0. The van der Waals surface area contributed by atoms with Crippen LogP contribution in [0, 0.1) is 0 Å². The van der Waals surface area contributed by atoms with Gasteiger partial charge in [-0.25, -0.2) is 4.98 Å². The number of halogens is 4. The average molecular weight is 530 g/mol. The van der Waals surface area contributed by atoms with Crippen molar-refractivity contribution in [1.29, 1.82) is 0 Å². The summed E-state index contributed by atoms with van der Waals surface area (Å²) in [5.74, 6) is -0.249. The summed E-state index contributed by atoms with van der Waals surface area (Å²) in [6.07, 6.45) is -1.61.